The summed E-state index contributed by atoms with van der Waals surface area (Å²) in [7, 11) is 5.98. The molecule has 0 atom stereocenters. The third-order valence-corrected chi connectivity index (χ3v) is 5.82. The van der Waals surface area contributed by atoms with E-state index in [0.717, 1.165) is 18.6 Å². The molecule has 3 heteroatoms. The molecule has 0 bridgehead atoms. The molecule has 3 rings (SSSR count). The topological polar surface area (TPSA) is 18.8 Å². The lowest BCUT2D eigenvalue weighted by atomic mass is 9.83. The first-order valence-electron chi connectivity index (χ1n) is 9.16. The Bertz CT molecular complexity index is 655. The zero-order valence-electron chi connectivity index (χ0n) is 15.9. The Morgan fingerprint density at radius 3 is 2.00 bits per heavy atom. The van der Waals surface area contributed by atoms with E-state index < -0.39 is 0 Å². The zero-order chi connectivity index (χ0) is 17.3. The van der Waals surface area contributed by atoms with Crippen LogP contribution in [0, 0.1) is 5.41 Å². The average Bonchev–Trinajstić information content (AvgIpc) is 3.34. The lowest BCUT2D eigenvalue weighted by molar-refractivity contribution is 0.0602. The van der Waals surface area contributed by atoms with Crippen molar-refractivity contribution in [1.82, 2.24) is 10.1 Å². The Hall–Kier alpha value is -1.61. The van der Waals surface area contributed by atoms with E-state index in [2.05, 4.69) is 43.3 Å². The molecule has 3 aliphatic rings. The summed E-state index contributed by atoms with van der Waals surface area (Å²) in [6.45, 7) is 4.52. The highest BCUT2D eigenvalue weighted by Crippen LogP contribution is 2.54. The van der Waals surface area contributed by atoms with Gasteiger partial charge in [-0.05, 0) is 67.6 Å². The Labute approximate surface area is 147 Å². The van der Waals surface area contributed by atoms with Crippen LogP contribution in [0.15, 0.2) is 51.7 Å². The largest absolute Gasteiger partial charge is 0.231 e. The lowest BCUT2D eigenvalue weighted by Crippen LogP contribution is -2.29. The van der Waals surface area contributed by atoms with Gasteiger partial charge in [-0.2, -0.15) is 5.10 Å². The van der Waals surface area contributed by atoms with Gasteiger partial charge < -0.3 is 0 Å². The summed E-state index contributed by atoms with van der Waals surface area (Å²) in [4.78, 5) is 0. The highest BCUT2D eigenvalue weighted by Gasteiger charge is 2.40. The van der Waals surface area contributed by atoms with E-state index in [-0.39, 0.29) is 0 Å². The molecule has 3 aliphatic carbocycles. The number of hydrazone groups is 1. The molecule has 3 nitrogen and oxygen atoms in total. The fourth-order valence-corrected chi connectivity index (χ4v) is 3.49. The SMILES string of the molecule is C/C(=N\N(C)N(C)C)C1=CC=C(C2=CC=C(C3(C)CC3)CC2)CC1. The molecule has 1 saturated carbocycles. The van der Waals surface area contributed by atoms with Gasteiger partial charge in [0.25, 0.3) is 0 Å². The van der Waals surface area contributed by atoms with E-state index in [4.69, 9.17) is 0 Å². The Morgan fingerprint density at radius 1 is 0.917 bits per heavy atom. The van der Waals surface area contributed by atoms with E-state index in [1.807, 2.05) is 31.3 Å². The van der Waals surface area contributed by atoms with Gasteiger partial charge in [-0.1, -0.05) is 36.8 Å². The van der Waals surface area contributed by atoms with Crippen molar-refractivity contribution in [3.63, 3.8) is 0 Å². The Balaban J connectivity index is 1.70. The van der Waals surface area contributed by atoms with Gasteiger partial charge in [0.05, 0.1) is 5.71 Å². The number of hydrogen-bond acceptors (Lipinski definition) is 3. The van der Waals surface area contributed by atoms with Crippen molar-refractivity contribution in [3.05, 3.63) is 46.6 Å². The van der Waals surface area contributed by atoms with Crippen molar-refractivity contribution in [2.24, 2.45) is 10.5 Å². The summed E-state index contributed by atoms with van der Waals surface area (Å²) >= 11 is 0. The second-order valence-corrected chi connectivity index (χ2v) is 7.85. The van der Waals surface area contributed by atoms with Crippen LogP contribution in [-0.2, 0) is 0 Å². The molecule has 0 spiro atoms. The standard InChI is InChI=1S/C21H31N3/c1-16(22-24(5)23(3)4)17-6-8-18(9-7-17)19-10-12-20(13-11-19)21(2)14-15-21/h6,8,10,12H,7,9,11,13-15H2,1-5H3/b22-16+. The molecule has 0 amide bonds. The zero-order valence-corrected chi connectivity index (χ0v) is 15.9. The monoisotopic (exact) mass is 325 g/mol. The molecule has 1 fully saturated rings. The molecule has 130 valence electrons. The van der Waals surface area contributed by atoms with Gasteiger partial charge >= 0.3 is 0 Å². The Kier molecular flexibility index (Phi) is 4.82. The number of allylic oxidation sites excluding steroid dienone is 8. The first kappa shape index (κ1) is 17.2. The van der Waals surface area contributed by atoms with E-state index in [1.165, 1.54) is 36.8 Å². The van der Waals surface area contributed by atoms with Crippen LogP contribution in [0.3, 0.4) is 0 Å². The number of hydrogen-bond donors (Lipinski definition) is 0. The first-order valence-corrected chi connectivity index (χ1v) is 9.16. The molecular weight excluding hydrogens is 294 g/mol. The van der Waals surface area contributed by atoms with Crippen molar-refractivity contribution >= 4 is 5.71 Å². The average molecular weight is 326 g/mol. The minimum Gasteiger partial charge on any atom is -0.231 e. The normalized spacial score (nSPS) is 23.3. The van der Waals surface area contributed by atoms with Gasteiger partial charge in [-0.25, -0.2) is 10.1 Å². The first-order chi connectivity index (χ1) is 11.4. The fraction of sp³-hybridized carbons (Fsp3) is 0.571. The predicted molar refractivity (Wildman–Crippen MR) is 103 cm³/mol. The van der Waals surface area contributed by atoms with Crippen LogP contribution in [0.4, 0.5) is 0 Å². The fourth-order valence-electron chi connectivity index (χ4n) is 3.49. The van der Waals surface area contributed by atoms with Gasteiger partial charge in [0.15, 0.2) is 0 Å². The molecule has 0 saturated heterocycles. The van der Waals surface area contributed by atoms with E-state index in [9.17, 15) is 0 Å². The van der Waals surface area contributed by atoms with Crippen molar-refractivity contribution in [1.29, 1.82) is 0 Å². The van der Waals surface area contributed by atoms with Gasteiger partial charge in [0.1, 0.15) is 0 Å². The molecule has 0 aromatic carbocycles. The number of rotatable bonds is 5. The van der Waals surface area contributed by atoms with Crippen LogP contribution in [0.25, 0.3) is 0 Å². The van der Waals surface area contributed by atoms with Crippen LogP contribution >= 0.6 is 0 Å². The lowest BCUT2D eigenvalue weighted by Gasteiger charge is -2.24. The smallest absolute Gasteiger partial charge is 0.0622 e. The summed E-state index contributed by atoms with van der Waals surface area (Å²) in [5, 5.41) is 8.49. The maximum absolute atomic E-state index is 4.64. The van der Waals surface area contributed by atoms with Gasteiger partial charge in [0, 0.05) is 21.1 Å². The number of hydrazine groups is 1. The third kappa shape index (κ3) is 3.72. The van der Waals surface area contributed by atoms with E-state index >= 15 is 0 Å². The Morgan fingerprint density at radius 2 is 1.54 bits per heavy atom. The molecule has 0 unspecified atom stereocenters. The van der Waals surface area contributed by atoms with E-state index in [0.29, 0.717) is 5.41 Å². The van der Waals surface area contributed by atoms with Gasteiger partial charge in [-0.3, -0.25) is 0 Å². The second-order valence-electron chi connectivity index (χ2n) is 7.85. The number of nitrogens with zero attached hydrogens (tertiary/aromatic N) is 3. The van der Waals surface area contributed by atoms with Crippen LogP contribution in [0.5, 0.6) is 0 Å². The minimum atomic E-state index is 0.544. The van der Waals surface area contributed by atoms with Crippen molar-refractivity contribution in [3.8, 4) is 0 Å². The summed E-state index contributed by atoms with van der Waals surface area (Å²) in [6, 6.07) is 0. The van der Waals surface area contributed by atoms with Gasteiger partial charge in [-0.15, -0.1) is 0 Å². The third-order valence-electron chi connectivity index (χ3n) is 5.82. The minimum absolute atomic E-state index is 0.544. The second kappa shape index (κ2) is 6.72. The molecule has 0 aromatic heterocycles. The molecular formula is C21H31N3. The predicted octanol–water partition coefficient (Wildman–Crippen LogP) is 4.86. The highest BCUT2D eigenvalue weighted by molar-refractivity contribution is 5.98. The van der Waals surface area contributed by atoms with Crippen LogP contribution in [0.1, 0.15) is 52.4 Å². The van der Waals surface area contributed by atoms with Crippen molar-refractivity contribution < 1.29 is 0 Å². The highest BCUT2D eigenvalue weighted by atomic mass is 15.7. The molecule has 0 N–H and O–H groups in total. The van der Waals surface area contributed by atoms with Crippen LogP contribution in [-0.4, -0.2) is 37.0 Å². The maximum atomic E-state index is 4.64. The van der Waals surface area contributed by atoms with E-state index in [1.54, 1.807) is 11.1 Å². The van der Waals surface area contributed by atoms with Gasteiger partial charge in [0.2, 0.25) is 0 Å². The quantitative estimate of drug-likeness (QED) is 0.531. The van der Waals surface area contributed by atoms with Crippen LogP contribution in [0.2, 0.25) is 0 Å². The van der Waals surface area contributed by atoms with Crippen LogP contribution < -0.4 is 0 Å². The molecule has 0 aromatic rings. The molecule has 0 aliphatic heterocycles. The summed E-state index contributed by atoms with van der Waals surface area (Å²) in [6.07, 6.45) is 16.8. The molecule has 24 heavy (non-hydrogen) atoms. The van der Waals surface area contributed by atoms with Crippen molar-refractivity contribution in [2.45, 2.75) is 52.4 Å². The summed E-state index contributed by atoms with van der Waals surface area (Å²) in [5.41, 5.74) is 7.74. The molecule has 0 heterocycles. The summed E-state index contributed by atoms with van der Waals surface area (Å²) < 4.78 is 0. The molecule has 0 radical (unpaired) electrons. The van der Waals surface area contributed by atoms with Crippen molar-refractivity contribution in [2.75, 3.05) is 21.1 Å². The maximum Gasteiger partial charge on any atom is 0.0622 e. The summed E-state index contributed by atoms with van der Waals surface area (Å²) in [5.74, 6) is 0.